The predicted molar refractivity (Wildman–Crippen MR) is 86.2 cm³/mol. The summed E-state index contributed by atoms with van der Waals surface area (Å²) in [6.07, 6.45) is 2.30. The Morgan fingerprint density at radius 2 is 1.45 bits per heavy atom. The van der Waals surface area contributed by atoms with Gasteiger partial charge in [0.15, 0.2) is 11.6 Å². The summed E-state index contributed by atoms with van der Waals surface area (Å²) >= 11 is 0. The molecule has 0 aliphatic carbocycles. The van der Waals surface area contributed by atoms with Gasteiger partial charge in [0, 0.05) is 11.1 Å². The zero-order valence-electron chi connectivity index (χ0n) is 12.7. The Bertz CT molecular complexity index is 629. The Hall–Kier alpha value is -2.42. The van der Waals surface area contributed by atoms with Crippen molar-refractivity contribution in [2.75, 3.05) is 0 Å². The number of ketones is 2. The molecule has 22 heavy (non-hydrogen) atoms. The maximum Gasteiger partial charge on any atom is 0.173 e. The SMILES string of the molecule is CCCCC(C(=O)c1ccccc1)C(=O)c1ccc(O)cc1. The minimum absolute atomic E-state index is 0.107. The van der Waals surface area contributed by atoms with Crippen LogP contribution in [-0.4, -0.2) is 16.7 Å². The molecule has 2 rings (SSSR count). The molecule has 3 nitrogen and oxygen atoms in total. The third-order valence-corrected chi connectivity index (χ3v) is 3.69. The molecule has 0 aliphatic heterocycles. The fourth-order valence-corrected chi connectivity index (χ4v) is 2.42. The van der Waals surface area contributed by atoms with Gasteiger partial charge >= 0.3 is 0 Å². The number of aromatic hydroxyl groups is 1. The fourth-order valence-electron chi connectivity index (χ4n) is 2.42. The van der Waals surface area contributed by atoms with Crippen LogP contribution in [0, 0.1) is 5.92 Å². The first kappa shape index (κ1) is 16.0. The Kier molecular flexibility index (Phi) is 5.48. The van der Waals surface area contributed by atoms with Crippen molar-refractivity contribution in [3.8, 4) is 5.75 Å². The van der Waals surface area contributed by atoms with Crippen LogP contribution in [0.25, 0.3) is 0 Å². The molecule has 0 saturated carbocycles. The third-order valence-electron chi connectivity index (χ3n) is 3.69. The molecule has 0 heterocycles. The minimum Gasteiger partial charge on any atom is -0.508 e. The fraction of sp³-hybridized carbons (Fsp3) is 0.263. The number of carbonyl (C=O) groups excluding carboxylic acids is 2. The van der Waals surface area contributed by atoms with Gasteiger partial charge in [-0.15, -0.1) is 0 Å². The van der Waals surface area contributed by atoms with Gasteiger partial charge < -0.3 is 5.11 Å². The number of Topliss-reactive ketones (excluding diaryl/α,β-unsaturated/α-hetero) is 2. The zero-order chi connectivity index (χ0) is 15.9. The summed E-state index contributed by atoms with van der Waals surface area (Å²) < 4.78 is 0. The number of carbonyl (C=O) groups is 2. The van der Waals surface area contributed by atoms with Gasteiger partial charge in [0.05, 0.1) is 5.92 Å². The maximum atomic E-state index is 12.7. The molecule has 0 radical (unpaired) electrons. The van der Waals surface area contributed by atoms with E-state index in [2.05, 4.69) is 0 Å². The maximum absolute atomic E-state index is 12.7. The van der Waals surface area contributed by atoms with Crippen LogP contribution < -0.4 is 0 Å². The van der Waals surface area contributed by atoms with Crippen LogP contribution in [0.4, 0.5) is 0 Å². The van der Waals surface area contributed by atoms with Crippen LogP contribution in [0.2, 0.25) is 0 Å². The summed E-state index contributed by atoms with van der Waals surface area (Å²) in [5.74, 6) is -0.864. The second-order valence-corrected chi connectivity index (χ2v) is 5.34. The van der Waals surface area contributed by atoms with Gasteiger partial charge in [-0.05, 0) is 30.7 Å². The van der Waals surface area contributed by atoms with Gasteiger partial charge in [-0.2, -0.15) is 0 Å². The number of hydrogen-bond donors (Lipinski definition) is 1. The van der Waals surface area contributed by atoms with E-state index in [4.69, 9.17) is 0 Å². The number of hydrogen-bond acceptors (Lipinski definition) is 3. The lowest BCUT2D eigenvalue weighted by Crippen LogP contribution is -2.24. The monoisotopic (exact) mass is 296 g/mol. The smallest absolute Gasteiger partial charge is 0.173 e. The van der Waals surface area contributed by atoms with Gasteiger partial charge in [0.1, 0.15) is 5.75 Å². The first-order valence-electron chi connectivity index (χ1n) is 7.56. The van der Waals surface area contributed by atoms with Crippen molar-refractivity contribution in [3.63, 3.8) is 0 Å². The molecule has 0 saturated heterocycles. The molecule has 2 aromatic rings. The summed E-state index contributed by atoms with van der Waals surface area (Å²) in [4.78, 5) is 25.3. The van der Waals surface area contributed by atoms with E-state index in [1.54, 1.807) is 36.4 Å². The van der Waals surface area contributed by atoms with Gasteiger partial charge in [0.25, 0.3) is 0 Å². The van der Waals surface area contributed by atoms with Gasteiger partial charge in [-0.1, -0.05) is 50.1 Å². The van der Waals surface area contributed by atoms with Gasteiger partial charge in [-0.25, -0.2) is 0 Å². The van der Waals surface area contributed by atoms with E-state index in [0.717, 1.165) is 12.8 Å². The van der Waals surface area contributed by atoms with E-state index < -0.39 is 5.92 Å². The highest BCUT2D eigenvalue weighted by Crippen LogP contribution is 2.22. The number of benzene rings is 2. The zero-order valence-corrected chi connectivity index (χ0v) is 12.7. The molecule has 0 amide bonds. The minimum atomic E-state index is -0.660. The quantitative estimate of drug-likeness (QED) is 0.613. The number of rotatable bonds is 7. The molecular formula is C19H20O3. The molecule has 114 valence electrons. The lowest BCUT2D eigenvalue weighted by molar-refractivity contribution is 0.0797. The molecule has 0 spiro atoms. The van der Waals surface area contributed by atoms with Crippen molar-refractivity contribution in [2.24, 2.45) is 5.92 Å². The van der Waals surface area contributed by atoms with Crippen LogP contribution in [-0.2, 0) is 0 Å². The van der Waals surface area contributed by atoms with Crippen molar-refractivity contribution in [1.82, 2.24) is 0 Å². The summed E-state index contributed by atoms with van der Waals surface area (Å²) in [5, 5.41) is 9.33. The highest BCUT2D eigenvalue weighted by atomic mass is 16.3. The van der Waals surface area contributed by atoms with Crippen LogP contribution in [0.3, 0.4) is 0 Å². The van der Waals surface area contributed by atoms with Crippen LogP contribution in [0.15, 0.2) is 54.6 Å². The third kappa shape index (κ3) is 3.82. The number of phenolic OH excluding ortho intramolecular Hbond substituents is 1. The van der Waals surface area contributed by atoms with Crippen molar-refractivity contribution in [2.45, 2.75) is 26.2 Å². The molecule has 0 bridgehead atoms. The molecule has 1 N–H and O–H groups in total. The summed E-state index contributed by atoms with van der Waals surface area (Å²) in [6.45, 7) is 2.04. The van der Waals surface area contributed by atoms with Crippen LogP contribution in [0.5, 0.6) is 5.75 Å². The lowest BCUT2D eigenvalue weighted by Gasteiger charge is -2.15. The van der Waals surface area contributed by atoms with Crippen molar-refractivity contribution < 1.29 is 14.7 Å². The standard InChI is InChI=1S/C19H20O3/c1-2-3-9-17(18(21)14-7-5-4-6-8-14)19(22)15-10-12-16(20)13-11-15/h4-8,10-13,17,20H,2-3,9H2,1H3. The van der Waals surface area contributed by atoms with Crippen molar-refractivity contribution in [1.29, 1.82) is 0 Å². The normalized spacial score (nSPS) is 11.9. The van der Waals surface area contributed by atoms with Crippen LogP contribution >= 0.6 is 0 Å². The van der Waals surface area contributed by atoms with Crippen molar-refractivity contribution in [3.05, 3.63) is 65.7 Å². The molecule has 2 aromatic carbocycles. The second kappa shape index (κ2) is 7.55. The summed E-state index contributed by atoms with van der Waals surface area (Å²) in [6, 6.07) is 15.0. The van der Waals surface area contributed by atoms with Crippen LogP contribution in [0.1, 0.15) is 46.9 Å². The molecule has 3 heteroatoms. The number of phenols is 1. The van der Waals surface area contributed by atoms with E-state index in [-0.39, 0.29) is 17.3 Å². The Balaban J connectivity index is 2.27. The van der Waals surface area contributed by atoms with Crippen molar-refractivity contribution >= 4 is 11.6 Å². The van der Waals surface area contributed by atoms with E-state index in [0.29, 0.717) is 17.5 Å². The lowest BCUT2D eigenvalue weighted by atomic mass is 9.86. The molecule has 0 fully saturated rings. The Labute approximate surface area is 130 Å². The average Bonchev–Trinajstić information content (AvgIpc) is 2.56. The Morgan fingerprint density at radius 1 is 0.909 bits per heavy atom. The van der Waals surface area contributed by atoms with E-state index in [1.165, 1.54) is 12.1 Å². The summed E-state index contributed by atoms with van der Waals surface area (Å²) in [7, 11) is 0. The molecular weight excluding hydrogens is 276 g/mol. The highest BCUT2D eigenvalue weighted by molar-refractivity contribution is 6.16. The van der Waals surface area contributed by atoms with E-state index >= 15 is 0 Å². The topological polar surface area (TPSA) is 54.4 Å². The molecule has 0 aromatic heterocycles. The second-order valence-electron chi connectivity index (χ2n) is 5.34. The first-order valence-corrected chi connectivity index (χ1v) is 7.56. The molecule has 0 aliphatic rings. The van der Waals surface area contributed by atoms with Gasteiger partial charge in [0.2, 0.25) is 0 Å². The molecule has 1 atom stereocenters. The van der Waals surface area contributed by atoms with Gasteiger partial charge in [-0.3, -0.25) is 9.59 Å². The highest BCUT2D eigenvalue weighted by Gasteiger charge is 2.27. The Morgan fingerprint density at radius 3 is 2.00 bits per heavy atom. The largest absolute Gasteiger partial charge is 0.508 e. The summed E-state index contributed by atoms with van der Waals surface area (Å²) in [5.41, 5.74) is 1.03. The van der Waals surface area contributed by atoms with E-state index in [1.807, 2.05) is 13.0 Å². The van der Waals surface area contributed by atoms with E-state index in [9.17, 15) is 14.7 Å². The predicted octanol–water partition coefficient (Wildman–Crippen LogP) is 4.26. The average molecular weight is 296 g/mol. The molecule has 1 unspecified atom stereocenters. The number of unbranched alkanes of at least 4 members (excludes halogenated alkanes) is 1. The first-order chi connectivity index (χ1) is 10.6.